The first-order valence-electron chi connectivity index (χ1n) is 12.1. The molecule has 28 heavy (non-hydrogen) atoms. The lowest BCUT2D eigenvalue weighted by molar-refractivity contribution is -0.00508. The Bertz CT molecular complexity index is 462. The van der Waals surface area contributed by atoms with Gasteiger partial charge >= 0.3 is 0 Å². The number of hydrogen-bond acceptors (Lipinski definition) is 1. The standard InChI is InChI=1S/C27H49N/c1-7-9-11-13-18-22-26(3,4)28(24-25-20-16-15-17-21-25)27(5,6)23-19-14-12-10-8-2/h15-17,20-21H,7-14,18-19,22-24H2,1-6H3. The van der Waals surface area contributed by atoms with Gasteiger partial charge < -0.3 is 0 Å². The molecule has 162 valence electrons. The van der Waals surface area contributed by atoms with Gasteiger partial charge in [-0.1, -0.05) is 108 Å². The topological polar surface area (TPSA) is 3.24 Å². The smallest absolute Gasteiger partial charge is 0.0244 e. The van der Waals surface area contributed by atoms with Crippen molar-refractivity contribution in [2.75, 3.05) is 0 Å². The highest BCUT2D eigenvalue weighted by molar-refractivity contribution is 5.15. The van der Waals surface area contributed by atoms with Gasteiger partial charge in [0.05, 0.1) is 0 Å². The molecular weight excluding hydrogens is 338 g/mol. The zero-order valence-electron chi connectivity index (χ0n) is 20.0. The number of nitrogens with zero attached hydrogens (tertiary/aromatic N) is 1. The molecule has 0 amide bonds. The maximum absolute atomic E-state index is 2.81. The van der Waals surface area contributed by atoms with E-state index in [1.807, 2.05) is 0 Å². The van der Waals surface area contributed by atoms with Gasteiger partial charge in [0, 0.05) is 17.6 Å². The lowest BCUT2D eigenvalue weighted by atomic mass is 9.85. The Morgan fingerprint density at radius 2 is 1.04 bits per heavy atom. The average Bonchev–Trinajstić information content (AvgIpc) is 2.66. The van der Waals surface area contributed by atoms with Crippen molar-refractivity contribution in [2.45, 2.75) is 136 Å². The summed E-state index contributed by atoms with van der Waals surface area (Å²) in [5.41, 5.74) is 1.91. The highest BCUT2D eigenvalue weighted by Crippen LogP contribution is 2.35. The van der Waals surface area contributed by atoms with Crippen molar-refractivity contribution in [1.82, 2.24) is 4.90 Å². The van der Waals surface area contributed by atoms with Crippen LogP contribution in [0.2, 0.25) is 0 Å². The first kappa shape index (κ1) is 25.2. The molecule has 0 saturated heterocycles. The molecule has 0 aliphatic carbocycles. The van der Waals surface area contributed by atoms with Crippen LogP contribution in [0, 0.1) is 0 Å². The first-order valence-corrected chi connectivity index (χ1v) is 12.1. The quantitative estimate of drug-likeness (QED) is 0.256. The summed E-state index contributed by atoms with van der Waals surface area (Å²) in [7, 11) is 0. The fraction of sp³-hybridized carbons (Fsp3) is 0.778. The van der Waals surface area contributed by atoms with Crippen molar-refractivity contribution in [3.63, 3.8) is 0 Å². The maximum atomic E-state index is 2.81. The molecular formula is C27H49N. The van der Waals surface area contributed by atoms with Gasteiger partial charge in [-0.2, -0.15) is 0 Å². The van der Waals surface area contributed by atoms with E-state index in [0.29, 0.717) is 0 Å². The van der Waals surface area contributed by atoms with Gasteiger partial charge in [-0.3, -0.25) is 4.90 Å². The third kappa shape index (κ3) is 9.59. The molecule has 0 unspecified atom stereocenters. The minimum Gasteiger partial charge on any atom is -0.289 e. The lowest BCUT2D eigenvalue weighted by Crippen LogP contribution is -2.55. The molecule has 0 atom stereocenters. The van der Waals surface area contributed by atoms with Gasteiger partial charge in [-0.25, -0.2) is 0 Å². The van der Waals surface area contributed by atoms with Crippen LogP contribution in [-0.2, 0) is 6.54 Å². The van der Waals surface area contributed by atoms with Crippen LogP contribution < -0.4 is 0 Å². The molecule has 0 radical (unpaired) electrons. The molecule has 0 bridgehead atoms. The highest BCUT2D eigenvalue weighted by Gasteiger charge is 2.36. The van der Waals surface area contributed by atoms with Gasteiger partial charge in [0.2, 0.25) is 0 Å². The van der Waals surface area contributed by atoms with Crippen molar-refractivity contribution < 1.29 is 0 Å². The second kappa shape index (κ2) is 13.4. The predicted molar refractivity (Wildman–Crippen MR) is 127 cm³/mol. The molecule has 1 rings (SSSR count). The third-order valence-corrected chi connectivity index (χ3v) is 6.43. The summed E-state index contributed by atoms with van der Waals surface area (Å²) in [6.07, 6.45) is 16.3. The van der Waals surface area contributed by atoms with Gasteiger partial charge in [0.25, 0.3) is 0 Å². The number of unbranched alkanes of at least 4 members (excludes halogenated alkanes) is 8. The van der Waals surface area contributed by atoms with Gasteiger partial charge in [-0.05, 0) is 46.1 Å². The number of benzene rings is 1. The van der Waals surface area contributed by atoms with E-state index in [1.54, 1.807) is 0 Å². The Morgan fingerprint density at radius 1 is 0.607 bits per heavy atom. The molecule has 1 aromatic carbocycles. The molecule has 0 aliphatic rings. The van der Waals surface area contributed by atoms with Crippen LogP contribution in [0.15, 0.2) is 30.3 Å². The van der Waals surface area contributed by atoms with Crippen molar-refractivity contribution >= 4 is 0 Å². The third-order valence-electron chi connectivity index (χ3n) is 6.43. The average molecular weight is 388 g/mol. The summed E-state index contributed by atoms with van der Waals surface area (Å²) in [6, 6.07) is 11.1. The van der Waals surface area contributed by atoms with Crippen molar-refractivity contribution in [1.29, 1.82) is 0 Å². The van der Waals surface area contributed by atoms with Crippen LogP contribution >= 0.6 is 0 Å². The van der Waals surface area contributed by atoms with E-state index in [-0.39, 0.29) is 11.1 Å². The second-order valence-electron chi connectivity index (χ2n) is 10.0. The van der Waals surface area contributed by atoms with Crippen LogP contribution in [-0.4, -0.2) is 16.0 Å². The van der Waals surface area contributed by atoms with Gasteiger partial charge in [-0.15, -0.1) is 0 Å². The number of hydrogen-bond donors (Lipinski definition) is 0. The number of rotatable bonds is 16. The maximum Gasteiger partial charge on any atom is 0.0244 e. The van der Waals surface area contributed by atoms with Crippen molar-refractivity contribution in [3.05, 3.63) is 35.9 Å². The van der Waals surface area contributed by atoms with E-state index >= 15 is 0 Å². The van der Waals surface area contributed by atoms with E-state index in [0.717, 1.165) is 6.54 Å². The minimum atomic E-state index is 0.231. The Kier molecular flexibility index (Phi) is 12.1. The van der Waals surface area contributed by atoms with Crippen LogP contribution in [0.25, 0.3) is 0 Å². The zero-order valence-corrected chi connectivity index (χ0v) is 20.0. The molecule has 0 heterocycles. The van der Waals surface area contributed by atoms with Gasteiger partial charge in [0.15, 0.2) is 0 Å². The first-order chi connectivity index (χ1) is 13.3. The van der Waals surface area contributed by atoms with E-state index in [4.69, 9.17) is 0 Å². The molecule has 0 aliphatic heterocycles. The Balaban J connectivity index is 2.78. The van der Waals surface area contributed by atoms with E-state index < -0.39 is 0 Å². The summed E-state index contributed by atoms with van der Waals surface area (Å²) >= 11 is 0. The van der Waals surface area contributed by atoms with Crippen LogP contribution in [0.3, 0.4) is 0 Å². The second-order valence-corrected chi connectivity index (χ2v) is 10.0. The summed E-state index contributed by atoms with van der Waals surface area (Å²) in [5, 5.41) is 0. The Labute approximate surface area is 177 Å². The largest absolute Gasteiger partial charge is 0.289 e. The normalized spacial score (nSPS) is 12.7. The van der Waals surface area contributed by atoms with Crippen LogP contribution in [0.5, 0.6) is 0 Å². The Morgan fingerprint density at radius 3 is 1.46 bits per heavy atom. The fourth-order valence-corrected chi connectivity index (χ4v) is 4.61. The Hall–Kier alpha value is -0.820. The van der Waals surface area contributed by atoms with Crippen molar-refractivity contribution in [3.8, 4) is 0 Å². The molecule has 0 aromatic heterocycles. The van der Waals surface area contributed by atoms with Crippen LogP contribution in [0.1, 0.15) is 124 Å². The van der Waals surface area contributed by atoms with Gasteiger partial charge in [0.1, 0.15) is 0 Å². The zero-order chi connectivity index (χ0) is 20.9. The summed E-state index contributed by atoms with van der Waals surface area (Å²) in [6.45, 7) is 15.6. The molecule has 1 heteroatoms. The summed E-state index contributed by atoms with van der Waals surface area (Å²) in [4.78, 5) is 2.81. The SMILES string of the molecule is CCCCCCCC(C)(C)N(Cc1ccccc1)C(C)(C)CCCCCCC. The molecule has 0 saturated carbocycles. The minimum absolute atomic E-state index is 0.231. The molecule has 1 nitrogen and oxygen atoms in total. The predicted octanol–water partition coefficient (Wildman–Crippen LogP) is 8.77. The lowest BCUT2D eigenvalue weighted by Gasteiger charge is -2.49. The fourth-order valence-electron chi connectivity index (χ4n) is 4.61. The molecule has 0 spiro atoms. The molecule has 0 fully saturated rings. The molecule has 1 aromatic rings. The monoisotopic (exact) mass is 387 g/mol. The highest BCUT2D eigenvalue weighted by atomic mass is 15.2. The van der Waals surface area contributed by atoms with E-state index in [2.05, 4.69) is 76.8 Å². The van der Waals surface area contributed by atoms with E-state index in [9.17, 15) is 0 Å². The van der Waals surface area contributed by atoms with E-state index in [1.165, 1.54) is 82.6 Å². The van der Waals surface area contributed by atoms with Crippen molar-refractivity contribution in [2.24, 2.45) is 0 Å². The molecule has 0 N–H and O–H groups in total. The summed E-state index contributed by atoms with van der Waals surface area (Å²) in [5.74, 6) is 0. The van der Waals surface area contributed by atoms with Crippen LogP contribution in [0.4, 0.5) is 0 Å². The summed E-state index contributed by atoms with van der Waals surface area (Å²) < 4.78 is 0.